The number of fused-ring (bicyclic) bond motifs is 3. The Labute approximate surface area is 198 Å². The maximum absolute atomic E-state index is 13.2. The molecule has 0 atom stereocenters. The zero-order valence-electron chi connectivity index (χ0n) is 19.7. The topological polar surface area (TPSA) is 62.6 Å². The van der Waals surface area contributed by atoms with E-state index in [0.717, 1.165) is 12.8 Å². The number of halogens is 3. The van der Waals surface area contributed by atoms with Crippen LogP contribution < -0.4 is 0 Å². The van der Waals surface area contributed by atoms with Crippen molar-refractivity contribution in [2.75, 3.05) is 31.9 Å². The van der Waals surface area contributed by atoms with Crippen molar-refractivity contribution < 1.29 is 26.4 Å². The van der Waals surface area contributed by atoms with Crippen molar-refractivity contribution in [2.45, 2.75) is 58.7 Å². The molecule has 10 heteroatoms. The molecule has 2 aromatic rings. The summed E-state index contributed by atoms with van der Waals surface area (Å²) in [6.07, 6.45) is -2.46. The van der Waals surface area contributed by atoms with Gasteiger partial charge < -0.3 is 4.90 Å². The van der Waals surface area contributed by atoms with Gasteiger partial charge in [-0.2, -0.15) is 13.2 Å². The van der Waals surface area contributed by atoms with E-state index in [1.165, 1.54) is 3.97 Å². The van der Waals surface area contributed by atoms with Gasteiger partial charge in [0.1, 0.15) is 0 Å². The van der Waals surface area contributed by atoms with Gasteiger partial charge in [0.05, 0.1) is 17.7 Å². The number of rotatable bonds is 6. The van der Waals surface area contributed by atoms with Gasteiger partial charge in [0, 0.05) is 55.8 Å². The first-order valence-corrected chi connectivity index (χ1v) is 13.6. The number of benzene rings is 1. The van der Waals surface area contributed by atoms with Gasteiger partial charge in [0.15, 0.2) is 0 Å². The Hall–Kier alpha value is -2.07. The average Bonchev–Trinajstić information content (AvgIpc) is 3.11. The molecule has 2 aliphatic heterocycles. The summed E-state index contributed by atoms with van der Waals surface area (Å²) in [7, 11) is -3.62. The predicted octanol–water partition coefficient (Wildman–Crippen LogP) is 4.41. The number of alkyl halides is 3. The first-order chi connectivity index (χ1) is 16.0. The van der Waals surface area contributed by atoms with Crippen LogP contribution in [-0.4, -0.2) is 66.2 Å². The average molecular weight is 500 g/mol. The summed E-state index contributed by atoms with van der Waals surface area (Å²) >= 11 is 0. The molecule has 0 N–H and O–H groups in total. The van der Waals surface area contributed by atoms with Gasteiger partial charge in [0.2, 0.25) is 10.0 Å². The molecule has 1 fully saturated rings. The molecule has 0 radical (unpaired) electrons. The third kappa shape index (κ3) is 5.12. The van der Waals surface area contributed by atoms with Crippen LogP contribution in [0.5, 0.6) is 0 Å². The lowest BCUT2D eigenvalue weighted by Gasteiger charge is -2.30. The highest BCUT2D eigenvalue weighted by molar-refractivity contribution is 7.90. The maximum Gasteiger partial charge on any atom is 0.390 e. The van der Waals surface area contributed by atoms with Crippen LogP contribution in [0.4, 0.5) is 13.2 Å². The summed E-state index contributed by atoms with van der Waals surface area (Å²) < 4.78 is 66.0. The van der Waals surface area contributed by atoms with Crippen molar-refractivity contribution in [2.24, 2.45) is 5.92 Å². The van der Waals surface area contributed by atoms with Crippen LogP contribution in [0.25, 0.3) is 10.9 Å². The number of amides is 1. The SMILES string of the molecule is CCCS(=O)(=O)n1c2c(c3cc(C(=O)N4CCC(C)CC4)ccc31)CN(CCC(F)(F)F)CC2. The van der Waals surface area contributed by atoms with Gasteiger partial charge in [-0.1, -0.05) is 13.8 Å². The fourth-order valence-corrected chi connectivity index (χ4v) is 6.74. The van der Waals surface area contributed by atoms with E-state index in [2.05, 4.69) is 6.92 Å². The van der Waals surface area contributed by atoms with Gasteiger partial charge in [0.25, 0.3) is 5.91 Å². The Balaban J connectivity index is 1.74. The summed E-state index contributed by atoms with van der Waals surface area (Å²) in [4.78, 5) is 16.7. The Morgan fingerprint density at radius 3 is 2.50 bits per heavy atom. The summed E-state index contributed by atoms with van der Waals surface area (Å²) in [5, 5.41) is 0.641. The van der Waals surface area contributed by atoms with Gasteiger partial charge in [-0.05, 0) is 48.9 Å². The lowest BCUT2D eigenvalue weighted by molar-refractivity contribution is -0.138. The molecule has 6 nitrogen and oxygen atoms in total. The Kier molecular flexibility index (Phi) is 7.01. The normalized spacial score (nSPS) is 18.4. The number of hydrogen-bond acceptors (Lipinski definition) is 4. The van der Waals surface area contributed by atoms with E-state index < -0.39 is 22.6 Å². The van der Waals surface area contributed by atoms with Crippen LogP contribution in [0.15, 0.2) is 18.2 Å². The van der Waals surface area contributed by atoms with E-state index in [4.69, 9.17) is 0 Å². The van der Waals surface area contributed by atoms with E-state index in [1.54, 1.807) is 30.0 Å². The minimum atomic E-state index is -4.25. The minimum absolute atomic E-state index is 0.0202. The lowest BCUT2D eigenvalue weighted by atomic mass is 9.98. The Morgan fingerprint density at radius 2 is 1.85 bits per heavy atom. The molecular weight excluding hydrogens is 467 g/mol. The molecule has 0 aliphatic carbocycles. The molecule has 0 saturated carbocycles. The standard InChI is InChI=1S/C24H32F3N3O3S/c1-3-14-34(32,33)30-21-5-4-18(23(31)29-11-6-17(2)7-12-29)15-19(21)20-16-28(10-8-22(20)30)13-9-24(25,26)27/h4-5,15,17H,3,6-14,16H2,1-2H3. The monoisotopic (exact) mass is 499 g/mol. The molecular formula is C24H32F3N3O3S. The fourth-order valence-electron chi connectivity index (χ4n) is 5.04. The van der Waals surface area contributed by atoms with Crippen LogP contribution in [0.3, 0.4) is 0 Å². The molecule has 0 spiro atoms. The zero-order valence-corrected chi connectivity index (χ0v) is 20.5. The van der Waals surface area contributed by atoms with Crippen LogP contribution in [0.2, 0.25) is 0 Å². The predicted molar refractivity (Wildman–Crippen MR) is 125 cm³/mol. The van der Waals surface area contributed by atoms with Gasteiger partial charge in [-0.3, -0.25) is 9.69 Å². The molecule has 1 amide bonds. The third-order valence-electron chi connectivity index (χ3n) is 6.95. The first kappa shape index (κ1) is 25.0. The molecule has 34 heavy (non-hydrogen) atoms. The van der Waals surface area contributed by atoms with Crippen molar-refractivity contribution in [3.05, 3.63) is 35.0 Å². The molecule has 3 heterocycles. The van der Waals surface area contributed by atoms with Crippen LogP contribution >= 0.6 is 0 Å². The largest absolute Gasteiger partial charge is 0.390 e. The first-order valence-electron chi connectivity index (χ1n) is 12.0. The van der Waals surface area contributed by atoms with Crippen LogP contribution in [-0.2, 0) is 23.0 Å². The summed E-state index contributed by atoms with van der Waals surface area (Å²) in [5.41, 5.74) is 2.33. The number of likely N-dealkylation sites (tertiary alicyclic amines) is 1. The van der Waals surface area contributed by atoms with E-state index in [9.17, 15) is 26.4 Å². The second-order valence-electron chi connectivity index (χ2n) is 9.60. The summed E-state index contributed by atoms with van der Waals surface area (Å²) in [5.74, 6) is 0.476. The maximum atomic E-state index is 13.2. The van der Waals surface area contributed by atoms with Crippen molar-refractivity contribution in [1.29, 1.82) is 0 Å². The van der Waals surface area contributed by atoms with Gasteiger partial charge in [-0.15, -0.1) is 0 Å². The smallest absolute Gasteiger partial charge is 0.339 e. The van der Waals surface area contributed by atoms with E-state index in [0.29, 0.717) is 66.1 Å². The summed E-state index contributed by atoms with van der Waals surface area (Å²) in [6, 6.07) is 5.09. The third-order valence-corrected chi connectivity index (χ3v) is 8.85. The molecule has 188 valence electrons. The van der Waals surface area contributed by atoms with Crippen LogP contribution in [0.1, 0.15) is 61.1 Å². The molecule has 1 aromatic carbocycles. The number of nitrogens with zero attached hydrogens (tertiary/aromatic N) is 3. The highest BCUT2D eigenvalue weighted by atomic mass is 32.2. The molecule has 4 rings (SSSR count). The second-order valence-corrected chi connectivity index (χ2v) is 11.5. The van der Waals surface area contributed by atoms with E-state index >= 15 is 0 Å². The molecule has 2 aliphatic rings. The quantitative estimate of drug-likeness (QED) is 0.591. The number of carbonyl (C=O) groups is 1. The van der Waals surface area contributed by atoms with Crippen molar-refractivity contribution in [3.8, 4) is 0 Å². The molecule has 1 saturated heterocycles. The van der Waals surface area contributed by atoms with Crippen molar-refractivity contribution in [1.82, 2.24) is 13.8 Å². The molecule has 1 aromatic heterocycles. The number of aromatic nitrogens is 1. The number of hydrogen-bond donors (Lipinski definition) is 0. The summed E-state index contributed by atoms with van der Waals surface area (Å²) in [6.45, 7) is 5.80. The molecule has 0 unspecified atom stereocenters. The van der Waals surface area contributed by atoms with E-state index in [-0.39, 0.29) is 24.7 Å². The zero-order chi connectivity index (χ0) is 24.7. The number of carbonyl (C=O) groups excluding carboxylic acids is 1. The Bertz CT molecular complexity index is 1170. The minimum Gasteiger partial charge on any atom is -0.339 e. The van der Waals surface area contributed by atoms with Crippen molar-refractivity contribution in [3.63, 3.8) is 0 Å². The van der Waals surface area contributed by atoms with Gasteiger partial charge >= 0.3 is 6.18 Å². The second kappa shape index (κ2) is 9.53. The van der Waals surface area contributed by atoms with E-state index in [1.807, 2.05) is 4.90 Å². The fraction of sp³-hybridized carbons (Fsp3) is 0.625. The van der Waals surface area contributed by atoms with Crippen LogP contribution in [0, 0.1) is 5.92 Å². The van der Waals surface area contributed by atoms with Crippen molar-refractivity contribution >= 4 is 26.8 Å². The highest BCUT2D eigenvalue weighted by Gasteiger charge is 2.32. The Morgan fingerprint density at radius 1 is 1.15 bits per heavy atom. The van der Waals surface area contributed by atoms with Gasteiger partial charge in [-0.25, -0.2) is 12.4 Å². The highest BCUT2D eigenvalue weighted by Crippen LogP contribution is 2.34. The number of piperidine rings is 1. The molecule has 0 bridgehead atoms. The lowest BCUT2D eigenvalue weighted by Crippen LogP contribution is -2.37.